The highest BCUT2D eigenvalue weighted by Crippen LogP contribution is 2.21. The van der Waals surface area contributed by atoms with Crippen LogP contribution in [0.3, 0.4) is 0 Å². The van der Waals surface area contributed by atoms with Crippen molar-refractivity contribution in [1.82, 2.24) is 9.88 Å². The molecule has 2 atom stereocenters. The number of aliphatic hydroxyl groups is 2. The molecule has 17 heavy (non-hydrogen) atoms. The third-order valence-electron chi connectivity index (χ3n) is 2.59. The zero-order chi connectivity index (χ0) is 12.6. The van der Waals surface area contributed by atoms with Gasteiger partial charge in [0.25, 0.3) is 5.91 Å². The maximum absolute atomic E-state index is 12.0. The highest BCUT2D eigenvalue weighted by molar-refractivity contribution is 6.41. The minimum atomic E-state index is -0.908. The van der Waals surface area contributed by atoms with Gasteiger partial charge in [-0.1, -0.05) is 23.2 Å². The Bertz CT molecular complexity index is 445. The predicted octanol–water partition coefficient (Wildman–Crippen LogP) is 0.566. The van der Waals surface area contributed by atoms with Crippen LogP contribution in [-0.4, -0.2) is 51.3 Å². The number of hydrogen-bond acceptors (Lipinski definition) is 4. The summed E-state index contributed by atoms with van der Waals surface area (Å²) in [7, 11) is 0. The molecule has 5 nitrogen and oxygen atoms in total. The van der Waals surface area contributed by atoms with Crippen LogP contribution in [0.15, 0.2) is 12.3 Å². The van der Waals surface area contributed by atoms with E-state index >= 15 is 0 Å². The van der Waals surface area contributed by atoms with Crippen LogP contribution >= 0.6 is 23.2 Å². The monoisotopic (exact) mass is 276 g/mol. The number of carbonyl (C=O) groups excluding carboxylic acids is 1. The lowest BCUT2D eigenvalue weighted by Crippen LogP contribution is -2.29. The van der Waals surface area contributed by atoms with Crippen molar-refractivity contribution in [2.75, 3.05) is 13.1 Å². The molecule has 0 radical (unpaired) electrons. The number of halogens is 2. The first kappa shape index (κ1) is 12.6. The molecule has 1 aromatic heterocycles. The smallest absolute Gasteiger partial charge is 0.255 e. The van der Waals surface area contributed by atoms with Gasteiger partial charge in [-0.25, -0.2) is 4.98 Å². The number of carbonyl (C=O) groups is 1. The minimum Gasteiger partial charge on any atom is -0.388 e. The number of aromatic nitrogens is 1. The number of nitrogens with zero attached hydrogens (tertiary/aromatic N) is 2. The molecular formula is C10H10Cl2N2O3. The van der Waals surface area contributed by atoms with Gasteiger partial charge in [-0.2, -0.15) is 0 Å². The number of hydrogen-bond donors (Lipinski definition) is 2. The third kappa shape index (κ3) is 2.52. The van der Waals surface area contributed by atoms with Crippen molar-refractivity contribution >= 4 is 29.1 Å². The predicted molar refractivity (Wildman–Crippen MR) is 62.2 cm³/mol. The summed E-state index contributed by atoms with van der Waals surface area (Å²) in [4.78, 5) is 17.1. The largest absolute Gasteiger partial charge is 0.388 e. The minimum absolute atomic E-state index is 0.0975. The van der Waals surface area contributed by atoms with Gasteiger partial charge >= 0.3 is 0 Å². The van der Waals surface area contributed by atoms with E-state index in [1.807, 2.05) is 0 Å². The zero-order valence-electron chi connectivity index (χ0n) is 8.68. The molecule has 0 unspecified atom stereocenters. The van der Waals surface area contributed by atoms with Gasteiger partial charge in [-0.3, -0.25) is 4.79 Å². The van der Waals surface area contributed by atoms with E-state index in [4.69, 9.17) is 23.2 Å². The molecule has 1 amide bonds. The van der Waals surface area contributed by atoms with Crippen molar-refractivity contribution in [1.29, 1.82) is 0 Å². The van der Waals surface area contributed by atoms with Crippen molar-refractivity contribution in [3.8, 4) is 0 Å². The van der Waals surface area contributed by atoms with Crippen molar-refractivity contribution in [3.63, 3.8) is 0 Å². The van der Waals surface area contributed by atoms with Crippen LogP contribution < -0.4 is 0 Å². The molecule has 1 fully saturated rings. The fourth-order valence-electron chi connectivity index (χ4n) is 1.66. The Morgan fingerprint density at radius 3 is 2.47 bits per heavy atom. The summed E-state index contributed by atoms with van der Waals surface area (Å²) < 4.78 is 0. The molecule has 92 valence electrons. The molecule has 1 aliphatic rings. The Balaban J connectivity index is 2.17. The molecule has 1 aliphatic heterocycles. The molecule has 0 aromatic carbocycles. The number of pyridine rings is 1. The third-order valence-corrected chi connectivity index (χ3v) is 3.28. The molecule has 1 aromatic rings. The fraction of sp³-hybridized carbons (Fsp3) is 0.400. The lowest BCUT2D eigenvalue weighted by atomic mass is 10.2. The number of β-amino-alcohol motifs (C(OH)–C–C–N with tert-alkyl or cyclic N) is 2. The second kappa shape index (κ2) is 4.78. The molecule has 0 aliphatic carbocycles. The normalized spacial score (nSPS) is 24.1. The topological polar surface area (TPSA) is 73.7 Å². The molecular weight excluding hydrogens is 267 g/mol. The lowest BCUT2D eigenvalue weighted by Gasteiger charge is -2.15. The highest BCUT2D eigenvalue weighted by atomic mass is 35.5. The van der Waals surface area contributed by atoms with Gasteiger partial charge in [0.05, 0.1) is 22.8 Å². The van der Waals surface area contributed by atoms with Gasteiger partial charge in [-0.15, -0.1) is 0 Å². The van der Waals surface area contributed by atoms with E-state index in [-0.39, 0.29) is 34.7 Å². The van der Waals surface area contributed by atoms with E-state index in [0.717, 1.165) is 0 Å². The molecule has 0 saturated carbocycles. The number of aliphatic hydroxyl groups excluding tert-OH is 2. The van der Waals surface area contributed by atoms with Gasteiger partial charge in [0.1, 0.15) is 5.15 Å². The lowest BCUT2D eigenvalue weighted by molar-refractivity contribution is 0.0572. The summed E-state index contributed by atoms with van der Waals surface area (Å²) in [6.45, 7) is 0.195. The summed E-state index contributed by atoms with van der Waals surface area (Å²) in [5, 5.41) is 19.0. The number of rotatable bonds is 1. The van der Waals surface area contributed by atoms with E-state index in [9.17, 15) is 15.0 Å². The van der Waals surface area contributed by atoms with Crippen LogP contribution in [0.1, 0.15) is 10.4 Å². The fourth-order valence-corrected chi connectivity index (χ4v) is 1.93. The van der Waals surface area contributed by atoms with Crippen molar-refractivity contribution in [2.45, 2.75) is 12.2 Å². The van der Waals surface area contributed by atoms with Crippen molar-refractivity contribution in [3.05, 3.63) is 28.0 Å². The maximum Gasteiger partial charge on any atom is 0.255 e. The molecule has 0 bridgehead atoms. The van der Waals surface area contributed by atoms with Crippen LogP contribution in [0.2, 0.25) is 10.2 Å². The van der Waals surface area contributed by atoms with Gasteiger partial charge in [0, 0.05) is 19.3 Å². The van der Waals surface area contributed by atoms with Crippen LogP contribution in [0.5, 0.6) is 0 Å². The Kier molecular flexibility index (Phi) is 3.53. The van der Waals surface area contributed by atoms with E-state index < -0.39 is 12.2 Å². The molecule has 2 rings (SSSR count). The van der Waals surface area contributed by atoms with Crippen LogP contribution in [0, 0.1) is 0 Å². The highest BCUT2D eigenvalue weighted by Gasteiger charge is 2.33. The molecule has 2 N–H and O–H groups in total. The quantitative estimate of drug-likeness (QED) is 0.736. The molecule has 2 heterocycles. The van der Waals surface area contributed by atoms with Gasteiger partial charge in [0.2, 0.25) is 0 Å². The van der Waals surface area contributed by atoms with E-state index in [2.05, 4.69) is 4.98 Å². The summed E-state index contributed by atoms with van der Waals surface area (Å²) in [6, 6.07) is 1.41. The van der Waals surface area contributed by atoms with Gasteiger partial charge < -0.3 is 15.1 Å². The Morgan fingerprint density at radius 1 is 1.35 bits per heavy atom. The Labute approximate surface area is 108 Å². The summed E-state index contributed by atoms with van der Waals surface area (Å²) in [6.07, 6.45) is -0.502. The van der Waals surface area contributed by atoms with Gasteiger partial charge in [-0.05, 0) is 6.07 Å². The molecule has 1 saturated heterocycles. The molecule has 7 heteroatoms. The van der Waals surface area contributed by atoms with Crippen molar-refractivity contribution < 1.29 is 15.0 Å². The first-order valence-corrected chi connectivity index (χ1v) is 5.71. The van der Waals surface area contributed by atoms with Crippen LogP contribution in [-0.2, 0) is 0 Å². The Morgan fingerprint density at radius 2 is 1.94 bits per heavy atom. The van der Waals surface area contributed by atoms with Gasteiger partial charge in [0.15, 0.2) is 0 Å². The second-order valence-electron chi connectivity index (χ2n) is 3.84. The average molecular weight is 277 g/mol. The number of likely N-dealkylation sites (tertiary alicyclic amines) is 1. The number of amides is 1. The SMILES string of the molecule is O=C(c1cnc(Cl)c(Cl)c1)N1C[C@@H](O)[C@@H](O)C1. The second-order valence-corrected chi connectivity index (χ2v) is 4.61. The zero-order valence-corrected chi connectivity index (χ0v) is 10.2. The van der Waals surface area contributed by atoms with E-state index in [1.54, 1.807) is 0 Å². The first-order chi connectivity index (χ1) is 7.99. The van der Waals surface area contributed by atoms with Crippen LogP contribution in [0.4, 0.5) is 0 Å². The standard InChI is InChI=1S/C10H10Cl2N2O3/c11-6-1-5(2-13-9(6)12)10(17)14-3-7(15)8(16)4-14/h1-2,7-8,15-16H,3-4H2/t7-,8+. The average Bonchev–Trinajstić information content (AvgIpc) is 2.62. The maximum atomic E-state index is 12.0. The summed E-state index contributed by atoms with van der Waals surface area (Å²) in [5.41, 5.74) is 0.278. The van der Waals surface area contributed by atoms with Crippen LogP contribution in [0.25, 0.3) is 0 Å². The van der Waals surface area contributed by atoms with E-state index in [0.29, 0.717) is 0 Å². The van der Waals surface area contributed by atoms with Crippen molar-refractivity contribution in [2.24, 2.45) is 0 Å². The Hall–Kier alpha value is -0.880. The van der Waals surface area contributed by atoms with E-state index in [1.165, 1.54) is 17.2 Å². The molecule has 0 spiro atoms. The summed E-state index contributed by atoms with van der Waals surface area (Å²) >= 11 is 11.4. The summed E-state index contributed by atoms with van der Waals surface area (Å²) in [5.74, 6) is -0.341. The first-order valence-electron chi connectivity index (χ1n) is 4.95.